The first-order chi connectivity index (χ1) is 15.3. The normalized spacial score (nSPS) is 14.7. The minimum atomic E-state index is -3.55. The van der Waals surface area contributed by atoms with Gasteiger partial charge >= 0.3 is 0 Å². The highest BCUT2D eigenvalue weighted by Crippen LogP contribution is 2.24. The lowest BCUT2D eigenvalue weighted by Gasteiger charge is -2.36. The first kappa shape index (κ1) is 24.0. The molecule has 0 spiro atoms. The van der Waals surface area contributed by atoms with E-state index in [1.165, 1.54) is 16.4 Å². The van der Waals surface area contributed by atoms with E-state index in [2.05, 4.69) is 0 Å². The number of para-hydroxylation sites is 1. The highest BCUT2D eigenvalue weighted by atomic mass is 32.2. The number of carbonyl (C=O) groups is 1. The van der Waals surface area contributed by atoms with Crippen molar-refractivity contribution in [1.82, 2.24) is 9.21 Å². The average Bonchev–Trinajstić information content (AvgIpc) is 2.79. The van der Waals surface area contributed by atoms with Crippen molar-refractivity contribution in [3.8, 4) is 5.75 Å². The van der Waals surface area contributed by atoms with Crippen molar-refractivity contribution in [2.75, 3.05) is 50.8 Å². The molecule has 7 nitrogen and oxygen atoms in total. The maximum Gasteiger partial charge on any atom is 0.260 e. The molecular formula is C23H30FN3O4S. The summed E-state index contributed by atoms with van der Waals surface area (Å²) < 4.78 is 46.4. The summed E-state index contributed by atoms with van der Waals surface area (Å²) in [6.45, 7) is 8.07. The van der Waals surface area contributed by atoms with Crippen LogP contribution in [0.2, 0.25) is 0 Å². The molecule has 0 unspecified atom stereocenters. The molecule has 2 aromatic carbocycles. The maximum atomic E-state index is 14.0. The van der Waals surface area contributed by atoms with Gasteiger partial charge in [0, 0.05) is 39.3 Å². The van der Waals surface area contributed by atoms with Gasteiger partial charge in [-0.3, -0.25) is 4.79 Å². The number of nitrogens with zero attached hydrogens (tertiary/aromatic N) is 3. The molecule has 0 aliphatic carbocycles. The second kappa shape index (κ2) is 10.3. The summed E-state index contributed by atoms with van der Waals surface area (Å²) in [7, 11) is -3.55. The van der Waals surface area contributed by atoms with Crippen LogP contribution >= 0.6 is 0 Å². The molecular weight excluding hydrogens is 433 g/mol. The Morgan fingerprint density at radius 2 is 1.72 bits per heavy atom. The first-order valence-electron chi connectivity index (χ1n) is 10.8. The van der Waals surface area contributed by atoms with Gasteiger partial charge in [0.05, 0.1) is 10.6 Å². The molecule has 2 aromatic rings. The fourth-order valence-electron chi connectivity index (χ4n) is 3.79. The van der Waals surface area contributed by atoms with Crippen LogP contribution in [0.15, 0.2) is 47.4 Å². The van der Waals surface area contributed by atoms with Gasteiger partial charge in [-0.1, -0.05) is 26.0 Å². The number of halogens is 1. The molecule has 0 atom stereocenters. The number of carbonyl (C=O) groups excluding carboxylic acids is 1. The van der Waals surface area contributed by atoms with Crippen molar-refractivity contribution in [3.63, 3.8) is 0 Å². The molecule has 174 valence electrons. The fraction of sp³-hybridized carbons (Fsp3) is 0.435. The second-order valence-electron chi connectivity index (χ2n) is 7.62. The molecule has 0 N–H and O–H groups in total. The van der Waals surface area contributed by atoms with E-state index >= 15 is 0 Å². The van der Waals surface area contributed by atoms with Gasteiger partial charge in [0.2, 0.25) is 10.0 Å². The largest absolute Gasteiger partial charge is 0.483 e. The smallest absolute Gasteiger partial charge is 0.260 e. The Kier molecular flexibility index (Phi) is 7.73. The van der Waals surface area contributed by atoms with Crippen molar-refractivity contribution in [2.45, 2.75) is 25.7 Å². The van der Waals surface area contributed by atoms with Gasteiger partial charge in [-0.2, -0.15) is 4.31 Å². The van der Waals surface area contributed by atoms with Crippen molar-refractivity contribution in [1.29, 1.82) is 0 Å². The SMILES string of the molecule is CCN(CC)S(=O)(=O)c1ccc(OCC(=O)N2CCN(c3ccccc3F)CC2)c(C)c1. The molecule has 0 aromatic heterocycles. The van der Waals surface area contributed by atoms with Crippen LogP contribution < -0.4 is 9.64 Å². The van der Waals surface area contributed by atoms with Crippen LogP contribution in [0.25, 0.3) is 0 Å². The topological polar surface area (TPSA) is 70.2 Å². The van der Waals surface area contributed by atoms with Crippen LogP contribution in [-0.4, -0.2) is 69.4 Å². The summed E-state index contributed by atoms with van der Waals surface area (Å²) in [6.07, 6.45) is 0. The van der Waals surface area contributed by atoms with E-state index in [0.717, 1.165) is 0 Å². The van der Waals surface area contributed by atoms with Gasteiger partial charge in [-0.05, 0) is 42.8 Å². The molecule has 32 heavy (non-hydrogen) atoms. The number of piperazine rings is 1. The summed E-state index contributed by atoms with van der Waals surface area (Å²) in [4.78, 5) is 16.4. The van der Waals surface area contributed by atoms with Gasteiger partial charge < -0.3 is 14.5 Å². The zero-order chi connectivity index (χ0) is 23.3. The predicted octanol–water partition coefficient (Wildman–Crippen LogP) is 2.89. The summed E-state index contributed by atoms with van der Waals surface area (Å²) in [6, 6.07) is 11.3. The highest BCUT2D eigenvalue weighted by Gasteiger charge is 2.24. The Bertz CT molecular complexity index is 1050. The van der Waals surface area contributed by atoms with Crippen LogP contribution in [0.3, 0.4) is 0 Å². The maximum absolute atomic E-state index is 14.0. The van der Waals surface area contributed by atoms with E-state index in [-0.39, 0.29) is 23.2 Å². The second-order valence-corrected chi connectivity index (χ2v) is 9.56. The van der Waals surface area contributed by atoms with Gasteiger partial charge in [0.25, 0.3) is 5.91 Å². The number of ether oxygens (including phenoxy) is 1. The van der Waals surface area contributed by atoms with E-state index in [0.29, 0.717) is 56.3 Å². The van der Waals surface area contributed by atoms with Crippen molar-refractivity contribution >= 4 is 21.6 Å². The average molecular weight is 464 g/mol. The number of rotatable bonds is 8. The molecule has 1 aliphatic heterocycles. The zero-order valence-electron chi connectivity index (χ0n) is 18.8. The quantitative estimate of drug-likeness (QED) is 0.602. The number of anilines is 1. The van der Waals surface area contributed by atoms with Gasteiger partial charge in [0.15, 0.2) is 6.61 Å². The summed E-state index contributed by atoms with van der Waals surface area (Å²) in [5.74, 6) is 0.0526. The van der Waals surface area contributed by atoms with Crippen LogP contribution in [0.4, 0.5) is 10.1 Å². The lowest BCUT2D eigenvalue weighted by molar-refractivity contribution is -0.133. The third-order valence-electron chi connectivity index (χ3n) is 5.67. The number of benzene rings is 2. The summed E-state index contributed by atoms with van der Waals surface area (Å²) >= 11 is 0. The number of hydrogen-bond donors (Lipinski definition) is 0. The molecule has 0 bridgehead atoms. The predicted molar refractivity (Wildman–Crippen MR) is 122 cm³/mol. The Morgan fingerprint density at radius 3 is 2.31 bits per heavy atom. The fourth-order valence-corrected chi connectivity index (χ4v) is 5.34. The van der Waals surface area contributed by atoms with Gasteiger partial charge in [0.1, 0.15) is 11.6 Å². The van der Waals surface area contributed by atoms with Crippen molar-refractivity contribution < 1.29 is 22.3 Å². The Morgan fingerprint density at radius 1 is 1.06 bits per heavy atom. The lowest BCUT2D eigenvalue weighted by Crippen LogP contribution is -2.50. The Balaban J connectivity index is 1.57. The molecule has 1 saturated heterocycles. The third kappa shape index (κ3) is 5.21. The summed E-state index contributed by atoms with van der Waals surface area (Å²) in [5, 5.41) is 0. The number of hydrogen-bond acceptors (Lipinski definition) is 5. The molecule has 1 aliphatic rings. The van der Waals surface area contributed by atoms with E-state index in [9.17, 15) is 17.6 Å². The third-order valence-corrected chi connectivity index (χ3v) is 7.71. The number of amides is 1. The van der Waals surface area contributed by atoms with Crippen LogP contribution in [0, 0.1) is 12.7 Å². The minimum absolute atomic E-state index is 0.136. The van der Waals surface area contributed by atoms with Crippen molar-refractivity contribution in [3.05, 3.63) is 53.8 Å². The molecule has 1 fully saturated rings. The Labute approximate surface area is 189 Å². The van der Waals surface area contributed by atoms with Crippen LogP contribution in [-0.2, 0) is 14.8 Å². The molecule has 1 amide bonds. The van der Waals surface area contributed by atoms with E-state index in [1.807, 2.05) is 4.90 Å². The standard InChI is InChI=1S/C23H30FN3O4S/c1-4-27(5-2)32(29,30)19-10-11-22(18(3)16-19)31-17-23(28)26-14-12-25(13-15-26)21-9-7-6-8-20(21)24/h6-11,16H,4-5,12-15,17H2,1-3H3. The lowest BCUT2D eigenvalue weighted by atomic mass is 10.2. The van der Waals surface area contributed by atoms with E-state index in [1.54, 1.807) is 56.0 Å². The first-order valence-corrected chi connectivity index (χ1v) is 12.2. The van der Waals surface area contributed by atoms with Gasteiger partial charge in [-0.15, -0.1) is 0 Å². The number of aryl methyl sites for hydroxylation is 1. The highest BCUT2D eigenvalue weighted by molar-refractivity contribution is 7.89. The monoisotopic (exact) mass is 463 g/mol. The van der Waals surface area contributed by atoms with E-state index in [4.69, 9.17) is 4.74 Å². The Hall–Kier alpha value is -2.65. The molecule has 3 rings (SSSR count). The molecule has 1 heterocycles. The zero-order valence-corrected chi connectivity index (χ0v) is 19.6. The van der Waals surface area contributed by atoms with Crippen LogP contribution in [0.1, 0.15) is 19.4 Å². The number of sulfonamides is 1. The van der Waals surface area contributed by atoms with Crippen LogP contribution in [0.5, 0.6) is 5.75 Å². The molecule has 0 radical (unpaired) electrons. The minimum Gasteiger partial charge on any atom is -0.483 e. The molecule has 0 saturated carbocycles. The van der Waals surface area contributed by atoms with Gasteiger partial charge in [-0.25, -0.2) is 12.8 Å². The molecule has 9 heteroatoms. The van der Waals surface area contributed by atoms with E-state index < -0.39 is 10.0 Å². The summed E-state index contributed by atoms with van der Waals surface area (Å²) in [5.41, 5.74) is 1.20. The van der Waals surface area contributed by atoms with Crippen molar-refractivity contribution in [2.24, 2.45) is 0 Å².